The van der Waals surface area contributed by atoms with Crippen molar-refractivity contribution in [1.29, 1.82) is 0 Å². The zero-order valence-corrected chi connectivity index (χ0v) is 14.1. The molecule has 0 aliphatic carbocycles. The maximum absolute atomic E-state index is 7.54. The first-order valence-electron chi connectivity index (χ1n) is 7.86. The molecule has 1 atom stereocenters. The van der Waals surface area contributed by atoms with E-state index in [1.807, 2.05) is 48.9 Å². The number of anilines is 1. The lowest BCUT2D eigenvalue weighted by Gasteiger charge is -2.24. The minimum atomic E-state index is -0.119. The number of aromatic nitrogens is 1. The maximum Gasteiger partial charge on any atom is 0.253 e. The molecule has 0 N–H and O–H groups in total. The first kappa shape index (κ1) is 15.0. The Morgan fingerprint density at radius 2 is 1.92 bits per heavy atom. The second kappa shape index (κ2) is 5.25. The highest BCUT2D eigenvalue weighted by atomic mass is 16.3. The topological polar surface area (TPSA) is 41.2 Å². The number of hydrogen-bond donors (Lipinski definition) is 0. The zero-order chi connectivity index (χ0) is 17.7. The van der Waals surface area contributed by atoms with Gasteiger partial charge in [0.1, 0.15) is 11.3 Å². The SMILES string of the molecule is [C-]#[N+]C1=C([N+]#[C-])N(c2cc3oc4ncccc4c3cc2C)[C@@H](C)N1C. The minimum absolute atomic E-state index is 0.119. The molecular weight excluding hydrogens is 314 g/mol. The van der Waals surface area contributed by atoms with Crippen molar-refractivity contribution in [2.45, 2.75) is 20.0 Å². The number of pyridine rings is 1. The Hall–Kier alpha value is -3.51. The summed E-state index contributed by atoms with van der Waals surface area (Å²) in [7, 11) is 1.84. The molecule has 0 bridgehead atoms. The number of nitrogens with zero attached hydrogens (tertiary/aromatic N) is 5. The standard InChI is InChI=1S/C19H15N5O/c1-11-9-14-13-7-6-8-22-19(13)25-16(14)10-15(11)24-12(2)23(5)17(20-3)18(24)21-4/h6-10,12H,1-2,5H3/t12-/m0/s1. The van der Waals surface area contributed by atoms with Crippen molar-refractivity contribution < 1.29 is 4.42 Å². The number of aryl methyl sites for hydroxylation is 1. The summed E-state index contributed by atoms with van der Waals surface area (Å²) >= 11 is 0. The van der Waals surface area contributed by atoms with Gasteiger partial charge in [0, 0.05) is 30.0 Å². The van der Waals surface area contributed by atoms with Crippen molar-refractivity contribution in [3.05, 3.63) is 70.5 Å². The Balaban J connectivity index is 1.97. The lowest BCUT2D eigenvalue weighted by Crippen LogP contribution is -2.35. The summed E-state index contributed by atoms with van der Waals surface area (Å²) in [6.07, 6.45) is 1.59. The fraction of sp³-hybridized carbons (Fsp3) is 0.211. The third-order valence-electron chi connectivity index (χ3n) is 4.73. The van der Waals surface area contributed by atoms with Crippen LogP contribution in [0.5, 0.6) is 0 Å². The number of rotatable bonds is 1. The molecule has 25 heavy (non-hydrogen) atoms. The summed E-state index contributed by atoms with van der Waals surface area (Å²) in [5, 5.41) is 1.98. The van der Waals surface area contributed by atoms with Crippen molar-refractivity contribution in [3.8, 4) is 0 Å². The summed E-state index contributed by atoms with van der Waals surface area (Å²) < 4.78 is 5.89. The van der Waals surface area contributed by atoms with Crippen molar-refractivity contribution >= 4 is 27.8 Å². The first-order chi connectivity index (χ1) is 12.1. The van der Waals surface area contributed by atoms with E-state index in [4.69, 9.17) is 17.6 Å². The van der Waals surface area contributed by atoms with Gasteiger partial charge in [0.2, 0.25) is 17.7 Å². The summed E-state index contributed by atoms with van der Waals surface area (Å²) in [5.74, 6) is 0.718. The lowest BCUT2D eigenvalue weighted by atomic mass is 10.1. The number of furan rings is 1. The normalized spacial score (nSPS) is 17.4. The summed E-state index contributed by atoms with van der Waals surface area (Å²) in [6, 6.07) is 7.87. The van der Waals surface area contributed by atoms with E-state index in [9.17, 15) is 0 Å². The van der Waals surface area contributed by atoms with Crippen LogP contribution < -0.4 is 4.90 Å². The summed E-state index contributed by atoms with van der Waals surface area (Å²) in [4.78, 5) is 15.2. The molecule has 2 aromatic heterocycles. The highest BCUT2D eigenvalue weighted by Gasteiger charge is 2.39. The van der Waals surface area contributed by atoms with E-state index in [2.05, 4.69) is 20.7 Å². The van der Waals surface area contributed by atoms with Gasteiger partial charge in [0.25, 0.3) is 5.82 Å². The molecule has 6 nitrogen and oxygen atoms in total. The summed E-state index contributed by atoms with van der Waals surface area (Å²) in [6.45, 7) is 18.9. The fourth-order valence-corrected chi connectivity index (χ4v) is 3.35. The molecule has 0 spiro atoms. The molecule has 1 aliphatic heterocycles. The molecule has 0 radical (unpaired) electrons. The van der Waals surface area contributed by atoms with Gasteiger partial charge < -0.3 is 19.0 Å². The van der Waals surface area contributed by atoms with Crippen LogP contribution in [0.1, 0.15) is 12.5 Å². The molecule has 1 aliphatic rings. The number of benzene rings is 1. The molecule has 0 unspecified atom stereocenters. The Kier molecular flexibility index (Phi) is 3.16. The Bertz CT molecular complexity index is 1130. The fourth-order valence-electron chi connectivity index (χ4n) is 3.35. The Morgan fingerprint density at radius 1 is 1.16 bits per heavy atom. The van der Waals surface area contributed by atoms with Gasteiger partial charge in [-0.15, -0.1) is 0 Å². The molecule has 0 saturated carbocycles. The van der Waals surface area contributed by atoms with E-state index in [1.165, 1.54) is 0 Å². The molecule has 4 rings (SSSR count). The van der Waals surface area contributed by atoms with Gasteiger partial charge in [-0.05, 0) is 30.7 Å². The molecule has 3 heterocycles. The van der Waals surface area contributed by atoms with Gasteiger partial charge in [0.15, 0.2) is 0 Å². The summed E-state index contributed by atoms with van der Waals surface area (Å²) in [5.41, 5.74) is 3.22. The smallest absolute Gasteiger partial charge is 0.253 e. The second-order valence-corrected chi connectivity index (χ2v) is 6.08. The molecule has 0 amide bonds. The monoisotopic (exact) mass is 329 g/mol. The van der Waals surface area contributed by atoms with Crippen molar-refractivity contribution in [3.63, 3.8) is 0 Å². The van der Waals surface area contributed by atoms with Gasteiger partial charge in [0.05, 0.1) is 7.05 Å². The van der Waals surface area contributed by atoms with Crippen molar-refractivity contribution in [2.24, 2.45) is 0 Å². The van der Waals surface area contributed by atoms with E-state index in [1.54, 1.807) is 6.20 Å². The molecule has 0 fully saturated rings. The van der Waals surface area contributed by atoms with Crippen LogP contribution in [0.4, 0.5) is 5.69 Å². The Labute approximate surface area is 145 Å². The predicted octanol–water partition coefficient (Wildman–Crippen LogP) is 4.35. The van der Waals surface area contributed by atoms with Crippen molar-refractivity contribution in [1.82, 2.24) is 9.88 Å². The molecule has 3 aromatic rings. The predicted molar refractivity (Wildman–Crippen MR) is 96.2 cm³/mol. The van der Waals surface area contributed by atoms with Crippen LogP contribution in [-0.4, -0.2) is 23.1 Å². The van der Waals surface area contributed by atoms with Gasteiger partial charge in [-0.1, -0.05) is 13.1 Å². The van der Waals surface area contributed by atoms with Crippen LogP contribution in [0.2, 0.25) is 0 Å². The van der Waals surface area contributed by atoms with Gasteiger partial charge >= 0.3 is 0 Å². The number of hydrogen-bond acceptors (Lipinski definition) is 4. The van der Waals surface area contributed by atoms with E-state index in [0.29, 0.717) is 17.4 Å². The highest BCUT2D eigenvalue weighted by molar-refractivity contribution is 6.05. The van der Waals surface area contributed by atoms with Crippen LogP contribution >= 0.6 is 0 Å². The lowest BCUT2D eigenvalue weighted by molar-refractivity contribution is 0.364. The average Bonchev–Trinajstić information content (AvgIpc) is 3.09. The molecule has 6 heteroatoms. The van der Waals surface area contributed by atoms with Crippen LogP contribution in [0.3, 0.4) is 0 Å². The molecule has 1 aromatic carbocycles. The van der Waals surface area contributed by atoms with Gasteiger partial charge in [-0.25, -0.2) is 4.98 Å². The largest absolute Gasteiger partial charge is 0.438 e. The maximum atomic E-state index is 7.54. The minimum Gasteiger partial charge on any atom is -0.438 e. The molecular formula is C19H15N5O. The zero-order valence-electron chi connectivity index (χ0n) is 14.1. The third-order valence-corrected chi connectivity index (χ3v) is 4.73. The van der Waals surface area contributed by atoms with E-state index < -0.39 is 0 Å². The van der Waals surface area contributed by atoms with Crippen LogP contribution in [0.15, 0.2) is 46.5 Å². The quantitative estimate of drug-likeness (QED) is 0.622. The van der Waals surface area contributed by atoms with Crippen molar-refractivity contribution in [2.75, 3.05) is 11.9 Å². The highest BCUT2D eigenvalue weighted by Crippen LogP contribution is 2.39. The van der Waals surface area contributed by atoms with E-state index in [0.717, 1.165) is 27.6 Å². The van der Waals surface area contributed by atoms with Crippen LogP contribution in [0, 0.1) is 20.1 Å². The van der Waals surface area contributed by atoms with Gasteiger partial charge in [-0.3, -0.25) is 4.90 Å². The molecule has 0 saturated heterocycles. The first-order valence-corrected chi connectivity index (χ1v) is 7.86. The van der Waals surface area contributed by atoms with E-state index in [-0.39, 0.29) is 6.17 Å². The average molecular weight is 329 g/mol. The van der Waals surface area contributed by atoms with E-state index >= 15 is 0 Å². The number of fused-ring (bicyclic) bond motifs is 3. The second-order valence-electron chi connectivity index (χ2n) is 6.08. The van der Waals surface area contributed by atoms with Crippen LogP contribution in [0.25, 0.3) is 31.8 Å². The van der Waals surface area contributed by atoms with Gasteiger partial charge in [-0.2, -0.15) is 0 Å². The van der Waals surface area contributed by atoms with Crippen LogP contribution in [-0.2, 0) is 0 Å². The Morgan fingerprint density at radius 3 is 2.64 bits per heavy atom. The third kappa shape index (κ3) is 1.98. The molecule has 122 valence electrons.